The second-order valence-corrected chi connectivity index (χ2v) is 3.19. The molecule has 14 heavy (non-hydrogen) atoms. The van der Waals surface area contributed by atoms with Gasteiger partial charge in [-0.2, -0.15) is 0 Å². The summed E-state index contributed by atoms with van der Waals surface area (Å²) in [6.07, 6.45) is 0. The average molecular weight is 219 g/mol. The first kappa shape index (κ1) is 10.9. The Morgan fingerprint density at radius 3 is 2.64 bits per heavy atom. The average Bonchev–Trinajstić information content (AvgIpc) is 2.12. The van der Waals surface area contributed by atoms with Gasteiger partial charge >= 0.3 is 5.97 Å². The zero-order chi connectivity index (χ0) is 10.9. The third kappa shape index (κ3) is 1.71. The molecule has 1 rings (SSSR count). The number of hydrogen-bond donors (Lipinski definition) is 2. The number of benzene rings is 1. The molecular formula is C9H8ClFO3. The van der Waals surface area contributed by atoms with E-state index in [2.05, 4.69) is 0 Å². The minimum Gasteiger partial charge on any atom is -0.478 e. The predicted molar refractivity (Wildman–Crippen MR) is 49.0 cm³/mol. The highest BCUT2D eigenvalue weighted by Gasteiger charge is 2.18. The molecule has 0 aliphatic carbocycles. The monoisotopic (exact) mass is 218 g/mol. The van der Waals surface area contributed by atoms with Gasteiger partial charge in [0.15, 0.2) is 5.82 Å². The lowest BCUT2D eigenvalue weighted by atomic mass is 10.0. The van der Waals surface area contributed by atoms with Crippen LogP contribution in [0.4, 0.5) is 4.39 Å². The summed E-state index contributed by atoms with van der Waals surface area (Å²) < 4.78 is 13.3. The number of carbonyl (C=O) groups is 1. The third-order valence-electron chi connectivity index (χ3n) is 1.92. The van der Waals surface area contributed by atoms with E-state index in [-0.39, 0.29) is 10.6 Å². The Morgan fingerprint density at radius 1 is 1.64 bits per heavy atom. The molecule has 3 nitrogen and oxygen atoms in total. The number of halogens is 2. The molecule has 0 saturated carbocycles. The minimum atomic E-state index is -1.38. The van der Waals surface area contributed by atoms with E-state index in [1.807, 2.05) is 0 Å². The standard InChI is InChI=1S/C9H8ClFO3/c1-4-2-5(9(13)14)8(11)7(10)6(4)3-12/h2,12H,3H2,1H3,(H,13,14). The normalized spacial score (nSPS) is 10.3. The smallest absolute Gasteiger partial charge is 0.338 e. The number of rotatable bonds is 2. The molecule has 0 amide bonds. The van der Waals surface area contributed by atoms with Crippen LogP contribution in [-0.2, 0) is 6.61 Å². The van der Waals surface area contributed by atoms with E-state index in [0.717, 1.165) is 6.07 Å². The van der Waals surface area contributed by atoms with Crippen molar-refractivity contribution in [1.82, 2.24) is 0 Å². The van der Waals surface area contributed by atoms with Crippen molar-refractivity contribution in [2.75, 3.05) is 0 Å². The summed E-state index contributed by atoms with van der Waals surface area (Å²) in [4.78, 5) is 10.6. The van der Waals surface area contributed by atoms with Gasteiger partial charge in [-0.15, -0.1) is 0 Å². The summed E-state index contributed by atoms with van der Waals surface area (Å²) in [5.74, 6) is -2.38. The van der Waals surface area contributed by atoms with E-state index in [1.54, 1.807) is 6.92 Å². The second kappa shape index (κ2) is 3.94. The Balaban J connectivity index is 3.47. The summed E-state index contributed by atoms with van der Waals surface area (Å²) >= 11 is 5.55. The number of aromatic carboxylic acids is 1. The summed E-state index contributed by atoms with van der Waals surface area (Å²) in [7, 11) is 0. The molecule has 0 aliphatic heterocycles. The van der Waals surface area contributed by atoms with Crippen LogP contribution in [0.15, 0.2) is 6.07 Å². The van der Waals surface area contributed by atoms with E-state index in [1.165, 1.54) is 0 Å². The Morgan fingerprint density at radius 2 is 2.21 bits per heavy atom. The molecule has 0 spiro atoms. The summed E-state index contributed by atoms with van der Waals surface area (Å²) in [6.45, 7) is 1.14. The Labute approximate surface area is 84.7 Å². The maximum absolute atomic E-state index is 13.3. The fourth-order valence-electron chi connectivity index (χ4n) is 1.14. The lowest BCUT2D eigenvalue weighted by Gasteiger charge is -2.08. The largest absolute Gasteiger partial charge is 0.478 e. The number of hydrogen-bond acceptors (Lipinski definition) is 2. The van der Waals surface area contributed by atoms with Gasteiger partial charge in [0.1, 0.15) is 0 Å². The van der Waals surface area contributed by atoms with Crippen LogP contribution in [0.1, 0.15) is 21.5 Å². The highest BCUT2D eigenvalue weighted by Crippen LogP contribution is 2.26. The van der Waals surface area contributed by atoms with Crippen molar-refractivity contribution in [3.8, 4) is 0 Å². The molecule has 0 bridgehead atoms. The van der Waals surface area contributed by atoms with Crippen LogP contribution < -0.4 is 0 Å². The molecule has 0 heterocycles. The highest BCUT2D eigenvalue weighted by atomic mass is 35.5. The number of aryl methyl sites for hydroxylation is 1. The van der Waals surface area contributed by atoms with Gasteiger partial charge in [0.25, 0.3) is 0 Å². The molecule has 0 saturated heterocycles. The molecule has 2 N–H and O–H groups in total. The number of aliphatic hydroxyl groups is 1. The minimum absolute atomic E-state index is 0.217. The van der Waals surface area contributed by atoms with Crippen LogP contribution in [0.2, 0.25) is 5.02 Å². The molecule has 0 aromatic heterocycles. The van der Waals surface area contributed by atoms with E-state index >= 15 is 0 Å². The molecule has 5 heteroatoms. The van der Waals surface area contributed by atoms with Crippen molar-refractivity contribution >= 4 is 17.6 Å². The highest BCUT2D eigenvalue weighted by molar-refractivity contribution is 6.32. The van der Waals surface area contributed by atoms with Crippen LogP contribution >= 0.6 is 11.6 Å². The fourth-order valence-corrected chi connectivity index (χ4v) is 1.45. The van der Waals surface area contributed by atoms with Crippen molar-refractivity contribution in [3.63, 3.8) is 0 Å². The molecule has 0 atom stereocenters. The third-order valence-corrected chi connectivity index (χ3v) is 2.31. The van der Waals surface area contributed by atoms with Crippen LogP contribution in [0.5, 0.6) is 0 Å². The molecule has 76 valence electrons. The van der Waals surface area contributed by atoms with Gasteiger partial charge in [0.05, 0.1) is 17.2 Å². The van der Waals surface area contributed by atoms with Crippen molar-refractivity contribution < 1.29 is 19.4 Å². The van der Waals surface area contributed by atoms with Crippen molar-refractivity contribution in [1.29, 1.82) is 0 Å². The Hall–Kier alpha value is -1.13. The van der Waals surface area contributed by atoms with Gasteiger partial charge in [-0.05, 0) is 18.6 Å². The van der Waals surface area contributed by atoms with Gasteiger partial charge in [-0.25, -0.2) is 9.18 Å². The predicted octanol–water partition coefficient (Wildman–Crippen LogP) is 1.98. The van der Waals surface area contributed by atoms with Crippen LogP contribution in [-0.4, -0.2) is 16.2 Å². The lowest BCUT2D eigenvalue weighted by Crippen LogP contribution is -2.05. The first-order valence-electron chi connectivity index (χ1n) is 3.80. The van der Waals surface area contributed by atoms with Gasteiger partial charge in [0, 0.05) is 5.56 Å². The van der Waals surface area contributed by atoms with Crippen LogP contribution in [0.25, 0.3) is 0 Å². The topological polar surface area (TPSA) is 57.5 Å². The SMILES string of the molecule is Cc1cc(C(=O)O)c(F)c(Cl)c1CO. The van der Waals surface area contributed by atoms with Crippen LogP contribution in [0.3, 0.4) is 0 Å². The Kier molecular flexibility index (Phi) is 3.08. The van der Waals surface area contributed by atoms with Gasteiger partial charge < -0.3 is 10.2 Å². The van der Waals surface area contributed by atoms with Crippen LogP contribution in [0, 0.1) is 12.7 Å². The van der Waals surface area contributed by atoms with Gasteiger partial charge in [0.2, 0.25) is 0 Å². The van der Waals surface area contributed by atoms with E-state index in [0.29, 0.717) is 5.56 Å². The maximum Gasteiger partial charge on any atom is 0.338 e. The van der Waals surface area contributed by atoms with Crippen molar-refractivity contribution in [2.45, 2.75) is 13.5 Å². The summed E-state index contributed by atoms with van der Waals surface area (Å²) in [5.41, 5.74) is 0.190. The molecule has 0 aliphatic rings. The molecule has 1 aromatic carbocycles. The molecule has 0 fully saturated rings. The maximum atomic E-state index is 13.3. The second-order valence-electron chi connectivity index (χ2n) is 2.81. The first-order valence-corrected chi connectivity index (χ1v) is 4.18. The fraction of sp³-hybridized carbons (Fsp3) is 0.222. The Bertz CT molecular complexity index is 390. The number of carboxylic acids is 1. The van der Waals surface area contributed by atoms with E-state index < -0.39 is 24.0 Å². The van der Waals surface area contributed by atoms with Gasteiger partial charge in [-0.1, -0.05) is 11.6 Å². The van der Waals surface area contributed by atoms with E-state index in [9.17, 15) is 9.18 Å². The quantitative estimate of drug-likeness (QED) is 0.798. The molecular weight excluding hydrogens is 211 g/mol. The summed E-state index contributed by atoms with van der Waals surface area (Å²) in [6, 6.07) is 1.15. The van der Waals surface area contributed by atoms with E-state index in [4.69, 9.17) is 21.8 Å². The zero-order valence-corrected chi connectivity index (χ0v) is 8.10. The van der Waals surface area contributed by atoms with Gasteiger partial charge in [-0.3, -0.25) is 0 Å². The number of aliphatic hydroxyl groups excluding tert-OH is 1. The first-order chi connectivity index (χ1) is 6.49. The molecule has 0 radical (unpaired) electrons. The van der Waals surface area contributed by atoms with Crippen molar-refractivity contribution in [3.05, 3.63) is 33.6 Å². The van der Waals surface area contributed by atoms with Crippen molar-refractivity contribution in [2.24, 2.45) is 0 Å². The zero-order valence-electron chi connectivity index (χ0n) is 7.34. The molecule has 1 aromatic rings. The molecule has 0 unspecified atom stereocenters. The number of carboxylic acid groups (broad SMARTS) is 1. The summed E-state index contributed by atoms with van der Waals surface area (Å²) in [5, 5.41) is 17.1. The lowest BCUT2D eigenvalue weighted by molar-refractivity contribution is 0.0691.